The molecule has 0 fully saturated rings. The third-order valence-corrected chi connectivity index (χ3v) is 5.45. The molecule has 0 unspecified atom stereocenters. The number of nitrogens with zero attached hydrogens (tertiary/aromatic N) is 1. The van der Waals surface area contributed by atoms with E-state index in [4.69, 9.17) is 4.74 Å². The third kappa shape index (κ3) is 4.90. The fraction of sp³-hybridized carbons (Fsp3) is 0.261. The van der Waals surface area contributed by atoms with Crippen LogP contribution in [0.2, 0.25) is 0 Å². The number of aromatic nitrogens is 1. The van der Waals surface area contributed by atoms with Crippen LogP contribution >= 0.6 is 11.3 Å². The summed E-state index contributed by atoms with van der Waals surface area (Å²) in [5.41, 5.74) is 3.92. The van der Waals surface area contributed by atoms with E-state index in [1.807, 2.05) is 55.5 Å². The van der Waals surface area contributed by atoms with Crippen molar-refractivity contribution in [2.24, 2.45) is 0 Å². The van der Waals surface area contributed by atoms with Gasteiger partial charge in [0.1, 0.15) is 5.01 Å². The van der Waals surface area contributed by atoms with Crippen LogP contribution < -0.4 is 5.32 Å². The number of thiazole rings is 1. The summed E-state index contributed by atoms with van der Waals surface area (Å²) >= 11 is 1.36. The highest BCUT2D eigenvalue weighted by molar-refractivity contribution is 7.13. The Morgan fingerprint density at radius 2 is 1.76 bits per heavy atom. The molecule has 150 valence electrons. The Hall–Kier alpha value is -2.99. The summed E-state index contributed by atoms with van der Waals surface area (Å²) < 4.78 is 5.35. The highest BCUT2D eigenvalue weighted by atomic mass is 32.1. The van der Waals surface area contributed by atoms with E-state index in [0.717, 1.165) is 27.4 Å². The average Bonchev–Trinajstić information content (AvgIpc) is 3.20. The smallest absolute Gasteiger partial charge is 0.358 e. The zero-order valence-corrected chi connectivity index (χ0v) is 17.7. The minimum absolute atomic E-state index is 0.201. The minimum Gasteiger partial charge on any atom is -0.448 e. The first kappa shape index (κ1) is 20.7. The molecule has 6 heteroatoms. The Bertz CT molecular complexity index is 1010. The first-order valence-corrected chi connectivity index (χ1v) is 10.4. The van der Waals surface area contributed by atoms with Crippen molar-refractivity contribution < 1.29 is 14.3 Å². The molecule has 0 saturated heterocycles. The number of benzene rings is 2. The number of aryl methyl sites for hydroxylation is 1. The molecule has 0 aliphatic carbocycles. The Morgan fingerprint density at radius 3 is 2.45 bits per heavy atom. The van der Waals surface area contributed by atoms with Crippen molar-refractivity contribution >= 4 is 28.9 Å². The van der Waals surface area contributed by atoms with Crippen molar-refractivity contribution in [2.75, 3.05) is 5.32 Å². The molecule has 5 nitrogen and oxygen atoms in total. The first-order chi connectivity index (χ1) is 13.9. The molecule has 29 heavy (non-hydrogen) atoms. The summed E-state index contributed by atoms with van der Waals surface area (Å²) in [4.78, 5) is 29.4. The third-order valence-electron chi connectivity index (χ3n) is 4.56. The van der Waals surface area contributed by atoms with Crippen LogP contribution in [0.3, 0.4) is 0 Å². The number of para-hydroxylation sites is 1. The number of anilines is 1. The Morgan fingerprint density at radius 1 is 1.03 bits per heavy atom. The fourth-order valence-electron chi connectivity index (χ4n) is 2.92. The Balaban J connectivity index is 1.68. The summed E-state index contributed by atoms with van der Waals surface area (Å²) in [6.07, 6.45) is -0.941. The SMILES string of the molecule is Cc1cccc(C(C)C)c1NC(=O)[C@H](C)OC(=O)c1csc(-c2ccccc2)n1. The second kappa shape index (κ2) is 9.01. The number of rotatable bonds is 6. The maximum absolute atomic E-state index is 12.6. The van der Waals surface area contributed by atoms with E-state index in [1.54, 1.807) is 12.3 Å². The van der Waals surface area contributed by atoms with Crippen LogP contribution in [0.1, 0.15) is 48.3 Å². The topological polar surface area (TPSA) is 68.3 Å². The lowest BCUT2D eigenvalue weighted by Crippen LogP contribution is -2.30. The number of carbonyl (C=O) groups is 2. The molecule has 0 aliphatic heterocycles. The lowest BCUT2D eigenvalue weighted by molar-refractivity contribution is -0.123. The molecule has 0 bridgehead atoms. The van der Waals surface area contributed by atoms with Gasteiger partial charge in [0.25, 0.3) is 5.91 Å². The van der Waals surface area contributed by atoms with E-state index in [1.165, 1.54) is 11.3 Å². The number of carbonyl (C=O) groups excluding carboxylic acids is 2. The van der Waals surface area contributed by atoms with E-state index in [2.05, 4.69) is 24.1 Å². The summed E-state index contributed by atoms with van der Waals surface area (Å²) in [5, 5.41) is 5.29. The van der Waals surface area contributed by atoms with Gasteiger partial charge in [0.2, 0.25) is 0 Å². The molecule has 0 spiro atoms. The molecule has 2 aromatic carbocycles. The predicted molar refractivity (Wildman–Crippen MR) is 116 cm³/mol. The highest BCUT2D eigenvalue weighted by Gasteiger charge is 2.22. The van der Waals surface area contributed by atoms with Gasteiger partial charge in [-0.2, -0.15) is 0 Å². The zero-order chi connectivity index (χ0) is 21.0. The van der Waals surface area contributed by atoms with Crippen LogP contribution in [0.4, 0.5) is 5.69 Å². The van der Waals surface area contributed by atoms with Crippen molar-refractivity contribution in [2.45, 2.75) is 39.7 Å². The van der Waals surface area contributed by atoms with Gasteiger partial charge in [0.05, 0.1) is 0 Å². The van der Waals surface area contributed by atoms with Gasteiger partial charge in [-0.15, -0.1) is 11.3 Å². The van der Waals surface area contributed by atoms with Crippen molar-refractivity contribution in [1.82, 2.24) is 4.98 Å². The molecule has 0 radical (unpaired) electrons. The molecule has 3 aromatic rings. The summed E-state index contributed by atoms with van der Waals surface area (Å²) in [6.45, 7) is 7.64. The predicted octanol–water partition coefficient (Wildman–Crippen LogP) is 5.43. The molecule has 3 rings (SSSR count). The largest absolute Gasteiger partial charge is 0.448 e. The standard InChI is InChI=1S/C23H24N2O3S/c1-14(2)18-12-8-9-15(3)20(18)25-21(26)16(4)28-23(27)19-13-29-22(24-19)17-10-6-5-7-11-17/h5-14,16H,1-4H3,(H,25,26)/t16-/m0/s1. The molecule has 1 aromatic heterocycles. The van der Waals surface area contributed by atoms with Crippen LogP contribution in [-0.2, 0) is 9.53 Å². The van der Waals surface area contributed by atoms with Crippen molar-refractivity contribution in [1.29, 1.82) is 0 Å². The van der Waals surface area contributed by atoms with Crippen LogP contribution in [0, 0.1) is 6.92 Å². The number of nitrogens with one attached hydrogen (secondary N) is 1. The monoisotopic (exact) mass is 408 g/mol. The van der Waals surface area contributed by atoms with E-state index in [9.17, 15) is 9.59 Å². The number of esters is 1. The molecule has 1 amide bonds. The van der Waals surface area contributed by atoms with Gasteiger partial charge in [-0.05, 0) is 30.9 Å². The number of hydrogen-bond acceptors (Lipinski definition) is 5. The zero-order valence-electron chi connectivity index (χ0n) is 16.9. The lowest BCUT2D eigenvalue weighted by atomic mass is 9.98. The van der Waals surface area contributed by atoms with E-state index < -0.39 is 12.1 Å². The maximum atomic E-state index is 12.6. The molecule has 1 heterocycles. The van der Waals surface area contributed by atoms with E-state index in [0.29, 0.717) is 0 Å². The molecule has 0 saturated carbocycles. The van der Waals surface area contributed by atoms with Crippen molar-refractivity contribution in [3.8, 4) is 10.6 Å². The molecule has 1 N–H and O–H groups in total. The summed E-state index contributed by atoms with van der Waals surface area (Å²) in [5.74, 6) is -0.720. The van der Waals surface area contributed by atoms with E-state index >= 15 is 0 Å². The van der Waals surface area contributed by atoms with Gasteiger partial charge in [-0.25, -0.2) is 9.78 Å². The van der Waals surface area contributed by atoms with Gasteiger partial charge in [-0.1, -0.05) is 62.4 Å². The summed E-state index contributed by atoms with van der Waals surface area (Å²) in [6, 6.07) is 15.5. The average molecular weight is 409 g/mol. The normalized spacial score (nSPS) is 11.9. The van der Waals surface area contributed by atoms with Crippen LogP contribution in [0.15, 0.2) is 53.9 Å². The Labute approximate surface area is 174 Å². The quantitative estimate of drug-likeness (QED) is 0.553. The fourth-order valence-corrected chi connectivity index (χ4v) is 3.72. The van der Waals surface area contributed by atoms with Crippen molar-refractivity contribution in [3.63, 3.8) is 0 Å². The number of amides is 1. The molecular formula is C23H24N2O3S. The van der Waals surface area contributed by atoms with Crippen LogP contribution in [-0.4, -0.2) is 23.0 Å². The summed E-state index contributed by atoms with van der Waals surface area (Å²) in [7, 11) is 0. The maximum Gasteiger partial charge on any atom is 0.358 e. The van der Waals surface area contributed by atoms with Gasteiger partial charge < -0.3 is 10.1 Å². The highest BCUT2D eigenvalue weighted by Crippen LogP contribution is 2.28. The van der Waals surface area contributed by atoms with Gasteiger partial charge in [0.15, 0.2) is 11.8 Å². The number of ether oxygens (including phenoxy) is 1. The van der Waals surface area contributed by atoms with Crippen LogP contribution in [0.5, 0.6) is 0 Å². The first-order valence-electron chi connectivity index (χ1n) is 9.49. The lowest BCUT2D eigenvalue weighted by Gasteiger charge is -2.18. The van der Waals surface area contributed by atoms with Crippen LogP contribution in [0.25, 0.3) is 10.6 Å². The second-order valence-corrected chi connectivity index (χ2v) is 7.99. The van der Waals surface area contributed by atoms with Gasteiger partial charge in [0, 0.05) is 16.6 Å². The molecular weight excluding hydrogens is 384 g/mol. The molecule has 0 aliphatic rings. The second-order valence-electron chi connectivity index (χ2n) is 7.13. The van der Waals surface area contributed by atoms with Gasteiger partial charge in [-0.3, -0.25) is 4.79 Å². The minimum atomic E-state index is -0.941. The Kier molecular flexibility index (Phi) is 6.44. The van der Waals surface area contributed by atoms with E-state index in [-0.39, 0.29) is 17.5 Å². The molecule has 1 atom stereocenters. The van der Waals surface area contributed by atoms with Crippen molar-refractivity contribution in [3.05, 3.63) is 70.7 Å². The van der Waals surface area contributed by atoms with Gasteiger partial charge >= 0.3 is 5.97 Å². The number of hydrogen-bond donors (Lipinski definition) is 1.